The molecule has 22 heavy (non-hydrogen) atoms. The van der Waals surface area contributed by atoms with Gasteiger partial charge in [-0.05, 0) is 30.5 Å². The van der Waals surface area contributed by atoms with Gasteiger partial charge in [0.1, 0.15) is 5.69 Å². The highest BCUT2D eigenvalue weighted by atomic mass is 16.1. The van der Waals surface area contributed by atoms with Gasteiger partial charge in [-0.1, -0.05) is 32.0 Å². The van der Waals surface area contributed by atoms with Crippen molar-refractivity contribution in [1.29, 1.82) is 0 Å². The highest BCUT2D eigenvalue weighted by Gasteiger charge is 2.13. The molecule has 5 nitrogen and oxygen atoms in total. The second kappa shape index (κ2) is 5.97. The summed E-state index contributed by atoms with van der Waals surface area (Å²) in [6.07, 6.45) is 3.34. The topological polar surface area (TPSA) is 59.3 Å². The smallest absolute Gasteiger partial charge is 0.274 e. The maximum Gasteiger partial charge on any atom is 0.274 e. The second-order valence-corrected chi connectivity index (χ2v) is 5.05. The van der Waals surface area contributed by atoms with Crippen LogP contribution in [0.4, 0.5) is 5.69 Å². The largest absolute Gasteiger partial charge is 0.320 e. The first-order valence-electron chi connectivity index (χ1n) is 7.45. The Morgan fingerprint density at radius 3 is 2.77 bits per heavy atom. The lowest BCUT2D eigenvalue weighted by molar-refractivity contribution is 0.102. The number of carbonyl (C=O) groups excluding carboxylic acids is 1. The number of para-hydroxylation sites is 1. The fraction of sp³-hybridized carbons (Fsp3) is 0.235. The molecular weight excluding hydrogens is 276 g/mol. The first-order chi connectivity index (χ1) is 10.7. The lowest BCUT2D eigenvalue weighted by Crippen LogP contribution is -2.16. The van der Waals surface area contributed by atoms with E-state index in [0.29, 0.717) is 11.3 Å². The molecule has 0 unspecified atom stereocenters. The molecule has 0 saturated carbocycles. The Bertz CT molecular complexity index is 822. The standard InChI is InChI=1S/C17H18N4O/c1-3-12-7-5-6-8-14(12)20-17(22)15-11-13(4-2)21-16(19-15)9-10-18-21/h5-11H,3-4H2,1-2H3,(H,20,22). The molecule has 0 aliphatic heterocycles. The number of amides is 1. The summed E-state index contributed by atoms with van der Waals surface area (Å²) >= 11 is 0. The molecule has 5 heteroatoms. The molecule has 2 heterocycles. The molecule has 3 rings (SSSR count). The van der Waals surface area contributed by atoms with Gasteiger partial charge < -0.3 is 5.32 Å². The molecule has 0 atom stereocenters. The third-order valence-corrected chi connectivity index (χ3v) is 3.67. The maximum atomic E-state index is 12.5. The first kappa shape index (κ1) is 14.3. The van der Waals surface area contributed by atoms with Gasteiger partial charge >= 0.3 is 0 Å². The normalized spacial score (nSPS) is 10.8. The predicted molar refractivity (Wildman–Crippen MR) is 86.1 cm³/mol. The number of aromatic nitrogens is 3. The number of anilines is 1. The summed E-state index contributed by atoms with van der Waals surface area (Å²) in [4.78, 5) is 16.9. The lowest BCUT2D eigenvalue weighted by atomic mass is 10.1. The summed E-state index contributed by atoms with van der Waals surface area (Å²) < 4.78 is 1.76. The molecule has 1 aromatic carbocycles. The fourth-order valence-electron chi connectivity index (χ4n) is 2.48. The number of hydrogen-bond acceptors (Lipinski definition) is 3. The van der Waals surface area contributed by atoms with Gasteiger partial charge in [0.25, 0.3) is 5.91 Å². The Morgan fingerprint density at radius 1 is 1.18 bits per heavy atom. The highest BCUT2D eigenvalue weighted by Crippen LogP contribution is 2.17. The molecule has 0 radical (unpaired) electrons. The summed E-state index contributed by atoms with van der Waals surface area (Å²) in [5.41, 5.74) is 4.01. The van der Waals surface area contributed by atoms with Gasteiger partial charge in [-0.3, -0.25) is 4.79 Å². The number of nitrogens with zero attached hydrogens (tertiary/aromatic N) is 3. The van der Waals surface area contributed by atoms with Crippen LogP contribution in [0.2, 0.25) is 0 Å². The van der Waals surface area contributed by atoms with Gasteiger partial charge in [0, 0.05) is 17.4 Å². The monoisotopic (exact) mass is 294 g/mol. The van der Waals surface area contributed by atoms with Crippen LogP contribution in [0.15, 0.2) is 42.6 Å². The lowest BCUT2D eigenvalue weighted by Gasteiger charge is -2.10. The molecule has 0 aliphatic carbocycles. The Balaban J connectivity index is 1.95. The number of rotatable bonds is 4. The van der Waals surface area contributed by atoms with Crippen LogP contribution in [-0.2, 0) is 12.8 Å². The fourth-order valence-corrected chi connectivity index (χ4v) is 2.48. The predicted octanol–water partition coefficient (Wildman–Crippen LogP) is 3.11. The minimum Gasteiger partial charge on any atom is -0.320 e. The number of nitrogens with one attached hydrogen (secondary N) is 1. The molecule has 0 aliphatic rings. The molecule has 0 fully saturated rings. The molecule has 1 amide bonds. The van der Waals surface area contributed by atoms with Crippen molar-refractivity contribution in [2.45, 2.75) is 26.7 Å². The van der Waals surface area contributed by atoms with E-state index in [1.807, 2.05) is 31.2 Å². The van der Waals surface area contributed by atoms with Gasteiger partial charge in [0.15, 0.2) is 5.65 Å². The number of fused-ring (bicyclic) bond motifs is 1. The van der Waals surface area contributed by atoms with E-state index in [1.165, 1.54) is 0 Å². The van der Waals surface area contributed by atoms with E-state index in [-0.39, 0.29) is 5.91 Å². The number of hydrogen-bond donors (Lipinski definition) is 1. The molecular formula is C17H18N4O. The van der Waals surface area contributed by atoms with Crippen molar-refractivity contribution in [1.82, 2.24) is 14.6 Å². The molecule has 3 aromatic rings. The van der Waals surface area contributed by atoms with Crippen LogP contribution >= 0.6 is 0 Å². The minimum atomic E-state index is -0.195. The Hall–Kier alpha value is -2.69. The van der Waals surface area contributed by atoms with E-state index in [9.17, 15) is 4.79 Å². The van der Waals surface area contributed by atoms with Crippen molar-refractivity contribution in [2.24, 2.45) is 0 Å². The number of aryl methyl sites for hydroxylation is 2. The van der Waals surface area contributed by atoms with Crippen LogP contribution in [0, 0.1) is 0 Å². The van der Waals surface area contributed by atoms with E-state index in [1.54, 1.807) is 22.8 Å². The van der Waals surface area contributed by atoms with E-state index < -0.39 is 0 Å². The summed E-state index contributed by atoms with van der Waals surface area (Å²) in [5.74, 6) is -0.195. The van der Waals surface area contributed by atoms with Crippen LogP contribution in [0.1, 0.15) is 35.6 Å². The van der Waals surface area contributed by atoms with E-state index in [0.717, 1.165) is 29.8 Å². The molecule has 0 spiro atoms. The molecule has 112 valence electrons. The first-order valence-corrected chi connectivity index (χ1v) is 7.45. The maximum absolute atomic E-state index is 12.5. The zero-order chi connectivity index (χ0) is 15.5. The Kier molecular flexibility index (Phi) is 3.87. The number of benzene rings is 1. The summed E-state index contributed by atoms with van der Waals surface area (Å²) in [6, 6.07) is 11.4. The van der Waals surface area contributed by atoms with Crippen LogP contribution in [0.3, 0.4) is 0 Å². The van der Waals surface area contributed by atoms with E-state index in [4.69, 9.17) is 0 Å². The Labute approximate surface area is 129 Å². The van der Waals surface area contributed by atoms with E-state index >= 15 is 0 Å². The van der Waals surface area contributed by atoms with Crippen molar-refractivity contribution < 1.29 is 4.79 Å². The van der Waals surface area contributed by atoms with E-state index in [2.05, 4.69) is 22.3 Å². The van der Waals surface area contributed by atoms with Crippen molar-refractivity contribution in [3.8, 4) is 0 Å². The highest BCUT2D eigenvalue weighted by molar-refractivity contribution is 6.03. The van der Waals surface area contributed by atoms with Crippen molar-refractivity contribution in [3.05, 3.63) is 59.5 Å². The van der Waals surface area contributed by atoms with Crippen LogP contribution < -0.4 is 5.32 Å². The van der Waals surface area contributed by atoms with Gasteiger partial charge in [-0.2, -0.15) is 5.10 Å². The van der Waals surface area contributed by atoms with Crippen molar-refractivity contribution in [2.75, 3.05) is 5.32 Å². The molecule has 0 saturated heterocycles. The summed E-state index contributed by atoms with van der Waals surface area (Å²) in [6.45, 7) is 4.10. The van der Waals surface area contributed by atoms with Crippen molar-refractivity contribution >= 4 is 17.2 Å². The van der Waals surface area contributed by atoms with Gasteiger partial charge in [-0.15, -0.1) is 0 Å². The minimum absolute atomic E-state index is 0.195. The second-order valence-electron chi connectivity index (χ2n) is 5.05. The average molecular weight is 294 g/mol. The SMILES string of the molecule is CCc1ccccc1NC(=O)c1cc(CC)n2nccc2n1. The van der Waals surface area contributed by atoms with Crippen molar-refractivity contribution in [3.63, 3.8) is 0 Å². The quantitative estimate of drug-likeness (QED) is 0.804. The molecule has 1 N–H and O–H groups in total. The summed E-state index contributed by atoms with van der Waals surface area (Å²) in [5, 5.41) is 7.18. The Morgan fingerprint density at radius 2 is 2.00 bits per heavy atom. The third kappa shape index (κ3) is 2.57. The van der Waals surface area contributed by atoms with Crippen LogP contribution in [-0.4, -0.2) is 20.5 Å². The molecule has 0 bridgehead atoms. The van der Waals surface area contributed by atoms with Gasteiger partial charge in [-0.25, -0.2) is 9.50 Å². The molecule has 2 aromatic heterocycles. The van der Waals surface area contributed by atoms with Crippen LogP contribution in [0.25, 0.3) is 5.65 Å². The summed E-state index contributed by atoms with van der Waals surface area (Å²) in [7, 11) is 0. The van der Waals surface area contributed by atoms with Gasteiger partial charge in [0.2, 0.25) is 0 Å². The van der Waals surface area contributed by atoms with Gasteiger partial charge in [0.05, 0.1) is 6.20 Å². The zero-order valence-corrected chi connectivity index (χ0v) is 12.7. The number of carbonyl (C=O) groups is 1. The zero-order valence-electron chi connectivity index (χ0n) is 12.7. The average Bonchev–Trinajstić information content (AvgIpc) is 3.02. The third-order valence-electron chi connectivity index (χ3n) is 3.67. The van der Waals surface area contributed by atoms with Crippen LogP contribution in [0.5, 0.6) is 0 Å².